The average molecular weight is 440 g/mol. The van der Waals surface area contributed by atoms with Crippen LogP contribution in [-0.2, 0) is 14.6 Å². The van der Waals surface area contributed by atoms with Gasteiger partial charge >= 0.3 is 0 Å². The molecule has 29 heavy (non-hydrogen) atoms. The average Bonchev–Trinajstić information content (AvgIpc) is 3.41. The number of carbonyl (C=O) groups is 1. The number of aromatic nitrogens is 2. The molecule has 158 valence electrons. The molecular formula is C19H25N3O5S2. The highest BCUT2D eigenvalue weighted by Crippen LogP contribution is 2.30. The number of hydrogen-bond donors (Lipinski definition) is 0. The van der Waals surface area contributed by atoms with E-state index in [1.165, 1.54) is 18.2 Å². The predicted molar refractivity (Wildman–Crippen MR) is 108 cm³/mol. The van der Waals surface area contributed by atoms with Crippen molar-refractivity contribution in [2.24, 2.45) is 0 Å². The van der Waals surface area contributed by atoms with Crippen LogP contribution in [0.15, 0.2) is 26.4 Å². The van der Waals surface area contributed by atoms with E-state index < -0.39 is 9.84 Å². The first-order valence-corrected chi connectivity index (χ1v) is 12.8. The maximum atomic E-state index is 13.1. The summed E-state index contributed by atoms with van der Waals surface area (Å²) in [7, 11) is -3.06. The Morgan fingerprint density at radius 2 is 2.00 bits per heavy atom. The fourth-order valence-corrected chi connectivity index (χ4v) is 6.58. The third kappa shape index (κ3) is 4.69. The van der Waals surface area contributed by atoms with Crippen molar-refractivity contribution >= 4 is 27.5 Å². The molecule has 1 aliphatic heterocycles. The summed E-state index contributed by atoms with van der Waals surface area (Å²) in [5.41, 5.74) is 0.732. The van der Waals surface area contributed by atoms with Gasteiger partial charge in [0.1, 0.15) is 5.76 Å². The van der Waals surface area contributed by atoms with Gasteiger partial charge in [0, 0.05) is 12.1 Å². The quantitative estimate of drug-likeness (QED) is 0.632. The van der Waals surface area contributed by atoms with Gasteiger partial charge in [-0.2, -0.15) is 0 Å². The first-order valence-electron chi connectivity index (χ1n) is 9.95. The van der Waals surface area contributed by atoms with Gasteiger partial charge in [-0.1, -0.05) is 31.0 Å². The van der Waals surface area contributed by atoms with Crippen molar-refractivity contribution in [3.8, 4) is 11.5 Å². The van der Waals surface area contributed by atoms with E-state index in [0.717, 1.165) is 31.2 Å². The van der Waals surface area contributed by atoms with Crippen LogP contribution in [0.2, 0.25) is 0 Å². The first-order chi connectivity index (χ1) is 13.9. The van der Waals surface area contributed by atoms with Crippen LogP contribution in [0.3, 0.4) is 0 Å². The van der Waals surface area contributed by atoms with E-state index >= 15 is 0 Å². The summed E-state index contributed by atoms with van der Waals surface area (Å²) in [5.74, 6) is 1.38. The van der Waals surface area contributed by atoms with Gasteiger partial charge in [0.05, 0.1) is 29.1 Å². The van der Waals surface area contributed by atoms with Crippen molar-refractivity contribution < 1.29 is 22.0 Å². The van der Waals surface area contributed by atoms with Crippen LogP contribution in [0.25, 0.3) is 11.5 Å². The number of nitrogens with zero attached hydrogens (tertiary/aromatic N) is 3. The molecule has 2 aliphatic rings. The minimum Gasteiger partial charge on any atom is -0.469 e. The largest absolute Gasteiger partial charge is 0.469 e. The molecule has 8 nitrogen and oxygen atoms in total. The molecule has 0 aromatic carbocycles. The highest BCUT2D eigenvalue weighted by atomic mass is 32.2. The Kier molecular flexibility index (Phi) is 6.00. The lowest BCUT2D eigenvalue weighted by molar-refractivity contribution is -0.133. The standard InChI is InChI=1S/C19H25N3O5S2/c1-13-16(7-9-26-13)18-20-21-19(27-18)28-11-17(23)22(14-5-3-2-4-6-14)15-8-10-29(24,25)12-15/h7,9,14-15H,2-6,8,10-12H2,1H3/t15-/m1/s1. The van der Waals surface area contributed by atoms with Crippen molar-refractivity contribution in [1.82, 2.24) is 15.1 Å². The maximum Gasteiger partial charge on any atom is 0.277 e. The zero-order chi connectivity index (χ0) is 20.4. The minimum atomic E-state index is -3.06. The number of hydrogen-bond acceptors (Lipinski definition) is 8. The number of sulfone groups is 1. The summed E-state index contributed by atoms with van der Waals surface area (Å²) in [6, 6.07) is 1.67. The second-order valence-corrected chi connectivity index (χ2v) is 10.9. The third-order valence-electron chi connectivity index (χ3n) is 5.67. The molecule has 1 amide bonds. The van der Waals surface area contributed by atoms with E-state index in [4.69, 9.17) is 8.83 Å². The van der Waals surface area contributed by atoms with Gasteiger partial charge in [-0.05, 0) is 32.3 Å². The molecular weight excluding hydrogens is 414 g/mol. The number of carbonyl (C=O) groups excluding carboxylic acids is 1. The van der Waals surface area contributed by atoms with E-state index in [1.54, 1.807) is 12.3 Å². The molecule has 2 aromatic heterocycles. The van der Waals surface area contributed by atoms with Crippen LogP contribution in [0.5, 0.6) is 0 Å². The Balaban J connectivity index is 1.44. The van der Waals surface area contributed by atoms with E-state index in [1.807, 2.05) is 11.8 Å². The summed E-state index contributed by atoms with van der Waals surface area (Å²) in [4.78, 5) is 15.0. The van der Waals surface area contributed by atoms with Gasteiger partial charge in [0.2, 0.25) is 5.91 Å². The SMILES string of the molecule is Cc1occc1-c1nnc(SCC(=O)N(C2CCCCC2)[C@@H]2CCS(=O)(=O)C2)o1. The predicted octanol–water partition coefficient (Wildman–Crippen LogP) is 3.08. The Hall–Kier alpha value is -1.81. The number of furan rings is 1. The molecule has 2 aromatic rings. The lowest BCUT2D eigenvalue weighted by atomic mass is 9.93. The topological polar surface area (TPSA) is 107 Å². The molecule has 0 spiro atoms. The van der Waals surface area contributed by atoms with Gasteiger partial charge in [-0.15, -0.1) is 10.2 Å². The highest BCUT2D eigenvalue weighted by molar-refractivity contribution is 7.99. The van der Waals surface area contributed by atoms with Crippen LogP contribution in [0, 0.1) is 6.92 Å². The fraction of sp³-hybridized carbons (Fsp3) is 0.632. The van der Waals surface area contributed by atoms with E-state index in [-0.39, 0.29) is 35.2 Å². The molecule has 1 aliphatic carbocycles. The van der Waals surface area contributed by atoms with E-state index in [9.17, 15) is 13.2 Å². The minimum absolute atomic E-state index is 0.0526. The second-order valence-electron chi connectivity index (χ2n) is 7.70. The van der Waals surface area contributed by atoms with Gasteiger partial charge in [-0.3, -0.25) is 4.79 Å². The normalized spacial score (nSPS) is 22.0. The van der Waals surface area contributed by atoms with E-state index in [2.05, 4.69) is 10.2 Å². The smallest absolute Gasteiger partial charge is 0.277 e. The van der Waals surface area contributed by atoms with Gasteiger partial charge < -0.3 is 13.7 Å². The third-order valence-corrected chi connectivity index (χ3v) is 8.23. The number of aryl methyl sites for hydroxylation is 1. The van der Waals surface area contributed by atoms with Crippen molar-refractivity contribution in [2.75, 3.05) is 17.3 Å². The molecule has 0 N–H and O–H groups in total. The van der Waals surface area contributed by atoms with Crippen molar-refractivity contribution in [3.05, 3.63) is 18.1 Å². The summed E-state index contributed by atoms with van der Waals surface area (Å²) >= 11 is 1.19. The zero-order valence-corrected chi connectivity index (χ0v) is 18.0. The lowest BCUT2D eigenvalue weighted by Crippen LogP contribution is -2.49. The molecule has 2 fully saturated rings. The Bertz CT molecular complexity index is 962. The molecule has 3 heterocycles. The monoisotopic (exact) mass is 439 g/mol. The van der Waals surface area contributed by atoms with Crippen molar-refractivity contribution in [3.63, 3.8) is 0 Å². The lowest BCUT2D eigenvalue weighted by Gasteiger charge is -2.38. The second kappa shape index (κ2) is 8.51. The Morgan fingerprint density at radius 3 is 2.66 bits per heavy atom. The summed E-state index contributed by atoms with van der Waals surface area (Å²) < 4.78 is 34.9. The Labute approximate surface area is 174 Å². The molecule has 0 radical (unpaired) electrons. The number of amides is 1. The van der Waals surface area contributed by atoms with Gasteiger partial charge in [0.15, 0.2) is 9.84 Å². The molecule has 10 heteroatoms. The zero-order valence-electron chi connectivity index (χ0n) is 16.4. The van der Waals surface area contributed by atoms with Crippen LogP contribution in [-0.4, -0.2) is 58.8 Å². The van der Waals surface area contributed by atoms with Crippen LogP contribution in [0.4, 0.5) is 0 Å². The maximum absolute atomic E-state index is 13.1. The fourth-order valence-electron chi connectivity index (χ4n) is 4.24. The summed E-state index contributed by atoms with van der Waals surface area (Å²) in [5, 5.41) is 8.36. The summed E-state index contributed by atoms with van der Waals surface area (Å²) in [6.07, 6.45) is 7.31. The van der Waals surface area contributed by atoms with Crippen LogP contribution in [0.1, 0.15) is 44.3 Å². The van der Waals surface area contributed by atoms with Crippen molar-refractivity contribution in [1.29, 1.82) is 0 Å². The van der Waals surface area contributed by atoms with Crippen LogP contribution >= 0.6 is 11.8 Å². The van der Waals surface area contributed by atoms with Crippen molar-refractivity contribution in [2.45, 2.75) is 62.8 Å². The van der Waals surface area contributed by atoms with Gasteiger partial charge in [-0.25, -0.2) is 8.42 Å². The highest BCUT2D eigenvalue weighted by Gasteiger charge is 2.38. The van der Waals surface area contributed by atoms with Crippen LogP contribution < -0.4 is 0 Å². The number of rotatable bonds is 6. The first kappa shape index (κ1) is 20.5. The molecule has 1 saturated carbocycles. The van der Waals surface area contributed by atoms with E-state index in [0.29, 0.717) is 23.3 Å². The van der Waals surface area contributed by atoms with Gasteiger partial charge in [0.25, 0.3) is 11.1 Å². The summed E-state index contributed by atoms with van der Waals surface area (Å²) in [6.45, 7) is 1.81. The molecule has 0 unspecified atom stereocenters. The molecule has 1 atom stereocenters. The molecule has 1 saturated heterocycles. The molecule has 4 rings (SSSR count). The number of thioether (sulfide) groups is 1. The Morgan fingerprint density at radius 1 is 1.21 bits per heavy atom. The molecule has 0 bridgehead atoms.